The van der Waals surface area contributed by atoms with Gasteiger partial charge < -0.3 is 9.47 Å². The van der Waals surface area contributed by atoms with Gasteiger partial charge in [-0.2, -0.15) is 0 Å². The molecule has 1 unspecified atom stereocenters. The van der Waals surface area contributed by atoms with E-state index in [-0.39, 0.29) is 18.0 Å². The summed E-state index contributed by atoms with van der Waals surface area (Å²) in [6.07, 6.45) is 0.521. The van der Waals surface area contributed by atoms with Crippen molar-refractivity contribution in [3.8, 4) is 0 Å². The molecule has 0 saturated carbocycles. The minimum atomic E-state index is -0.282. The number of hydrogen-bond acceptors (Lipinski definition) is 5. The van der Waals surface area contributed by atoms with Crippen LogP contribution in [-0.2, 0) is 15.9 Å². The van der Waals surface area contributed by atoms with Crippen molar-refractivity contribution in [3.05, 3.63) is 28.0 Å². The maximum Gasteiger partial charge on any atom is 0.209 e. The van der Waals surface area contributed by atoms with Gasteiger partial charge in [-0.25, -0.2) is 15.0 Å². The van der Waals surface area contributed by atoms with E-state index in [2.05, 4.69) is 28.8 Å². The minimum Gasteiger partial charge on any atom is -0.483 e. The predicted molar refractivity (Wildman–Crippen MR) is 89.3 cm³/mol. The number of halogens is 2. The topological polar surface area (TPSA) is 56.1 Å². The summed E-state index contributed by atoms with van der Waals surface area (Å²) in [6, 6.07) is 3.12. The molecule has 0 spiro atoms. The van der Waals surface area contributed by atoms with Gasteiger partial charge in [0.2, 0.25) is 11.8 Å². The van der Waals surface area contributed by atoms with Gasteiger partial charge in [0.1, 0.15) is 22.4 Å². The number of nitrogens with zero attached hydrogens (tertiary/aromatic N) is 3. The van der Waals surface area contributed by atoms with Crippen LogP contribution in [-0.4, -0.2) is 43.1 Å². The Kier molecular flexibility index (Phi) is 5.64. The van der Waals surface area contributed by atoms with E-state index in [1.54, 1.807) is 20.3 Å². The normalized spacial score (nSPS) is 21.4. The van der Waals surface area contributed by atoms with Crippen LogP contribution in [0.5, 0.6) is 0 Å². The molecule has 0 radical (unpaired) electrons. The van der Waals surface area contributed by atoms with Crippen molar-refractivity contribution < 1.29 is 9.47 Å². The second-order valence-electron chi connectivity index (χ2n) is 5.34. The van der Waals surface area contributed by atoms with Crippen LogP contribution in [0.4, 0.5) is 0 Å². The van der Waals surface area contributed by atoms with Gasteiger partial charge in [-0.3, -0.25) is 0 Å². The molecule has 2 atom stereocenters. The average molecular weight is 344 g/mol. The number of methoxy groups -OCH3 is 2. The largest absolute Gasteiger partial charge is 0.483 e. The summed E-state index contributed by atoms with van der Waals surface area (Å²) in [7, 11) is 3.20. The molecule has 2 rings (SSSR count). The summed E-state index contributed by atoms with van der Waals surface area (Å²) in [5.41, 5.74) is 0.836. The van der Waals surface area contributed by atoms with Gasteiger partial charge in [-0.1, -0.05) is 43.1 Å². The van der Waals surface area contributed by atoms with Crippen LogP contribution in [0.25, 0.3) is 0 Å². The first-order chi connectivity index (χ1) is 10.5. The smallest absolute Gasteiger partial charge is 0.209 e. The van der Waals surface area contributed by atoms with E-state index in [1.165, 1.54) is 0 Å². The van der Waals surface area contributed by atoms with Gasteiger partial charge in [0, 0.05) is 6.42 Å². The summed E-state index contributed by atoms with van der Waals surface area (Å²) in [5.74, 6) is 1.45. The van der Waals surface area contributed by atoms with Crippen LogP contribution < -0.4 is 0 Å². The monoisotopic (exact) mass is 343 g/mol. The Bertz CT molecular complexity index is 602. The molecule has 5 nitrogen and oxygen atoms in total. The second-order valence-corrected chi connectivity index (χ2v) is 6.08. The molecule has 0 aliphatic carbocycles. The first-order valence-corrected chi connectivity index (χ1v) is 7.76. The maximum absolute atomic E-state index is 6.13. The number of ether oxygens (including phenoxy) is 2. The van der Waals surface area contributed by atoms with Gasteiger partial charge >= 0.3 is 0 Å². The molecule has 1 aliphatic rings. The molecular weight excluding hydrogens is 325 g/mol. The molecule has 1 aromatic rings. The van der Waals surface area contributed by atoms with Crippen LogP contribution in [0.1, 0.15) is 19.4 Å². The standard InChI is InChI=1S/C15H19Cl2N3O2/c1-8(2)12-15(22-4)18-10(14(20-12)21-3)7-9-5-6-11(16)19-13(9)17/h5-6,8,10,12H,7H2,1-4H3/t10-,12?/m0/s1. The number of aliphatic imine (C=N–C) groups is 2. The fraction of sp³-hybridized carbons (Fsp3) is 0.533. The molecule has 0 amide bonds. The van der Waals surface area contributed by atoms with Crippen molar-refractivity contribution in [2.45, 2.75) is 32.4 Å². The Hall–Kier alpha value is -1.33. The van der Waals surface area contributed by atoms with E-state index in [0.717, 1.165) is 5.56 Å². The van der Waals surface area contributed by atoms with E-state index in [0.29, 0.717) is 28.5 Å². The second kappa shape index (κ2) is 7.29. The van der Waals surface area contributed by atoms with Crippen molar-refractivity contribution in [1.82, 2.24) is 4.98 Å². The third-order valence-corrected chi connectivity index (χ3v) is 3.98. The lowest BCUT2D eigenvalue weighted by atomic mass is 10.0. The Morgan fingerprint density at radius 3 is 2.32 bits per heavy atom. The van der Waals surface area contributed by atoms with E-state index < -0.39 is 0 Å². The Morgan fingerprint density at radius 1 is 1.09 bits per heavy atom. The molecular formula is C15H19Cl2N3O2. The van der Waals surface area contributed by atoms with Crippen molar-refractivity contribution in [2.75, 3.05) is 14.2 Å². The highest BCUT2D eigenvalue weighted by Crippen LogP contribution is 2.23. The predicted octanol–water partition coefficient (Wildman–Crippen LogP) is 3.43. The fourth-order valence-corrected chi connectivity index (χ4v) is 2.72. The first-order valence-electron chi connectivity index (χ1n) is 7.00. The van der Waals surface area contributed by atoms with E-state index in [4.69, 9.17) is 32.7 Å². The minimum absolute atomic E-state index is 0.130. The van der Waals surface area contributed by atoms with E-state index in [9.17, 15) is 0 Å². The van der Waals surface area contributed by atoms with Crippen LogP contribution in [0.15, 0.2) is 22.1 Å². The molecule has 7 heteroatoms. The number of aromatic nitrogens is 1. The average Bonchev–Trinajstić information content (AvgIpc) is 2.49. The first kappa shape index (κ1) is 17.0. The van der Waals surface area contributed by atoms with Gasteiger partial charge in [0.25, 0.3) is 0 Å². The van der Waals surface area contributed by atoms with E-state index >= 15 is 0 Å². The lowest BCUT2D eigenvalue weighted by Crippen LogP contribution is -2.38. The number of rotatable bonds is 3. The Balaban J connectivity index is 2.29. The van der Waals surface area contributed by atoms with Gasteiger partial charge in [-0.15, -0.1) is 0 Å². The summed E-state index contributed by atoms with van der Waals surface area (Å²) < 4.78 is 10.8. The summed E-state index contributed by atoms with van der Waals surface area (Å²) in [6.45, 7) is 4.13. The molecule has 1 aliphatic heterocycles. The molecule has 120 valence electrons. The van der Waals surface area contributed by atoms with Crippen molar-refractivity contribution in [2.24, 2.45) is 15.9 Å². The molecule has 2 heterocycles. The third kappa shape index (κ3) is 3.70. The summed E-state index contributed by atoms with van der Waals surface area (Å²) in [5, 5.41) is 0.724. The molecule has 0 saturated heterocycles. The van der Waals surface area contributed by atoms with Crippen molar-refractivity contribution >= 4 is 35.0 Å². The Labute approximate surface area is 140 Å². The zero-order chi connectivity index (χ0) is 16.3. The third-order valence-electron chi connectivity index (χ3n) is 3.44. The molecule has 22 heavy (non-hydrogen) atoms. The molecule has 0 N–H and O–H groups in total. The van der Waals surface area contributed by atoms with Crippen LogP contribution in [0, 0.1) is 5.92 Å². The van der Waals surface area contributed by atoms with Gasteiger partial charge in [0.05, 0.1) is 14.2 Å². The lowest BCUT2D eigenvalue weighted by molar-refractivity contribution is 0.332. The molecule has 0 aromatic carbocycles. The van der Waals surface area contributed by atoms with Crippen LogP contribution in [0.3, 0.4) is 0 Å². The Morgan fingerprint density at radius 2 is 1.77 bits per heavy atom. The van der Waals surface area contributed by atoms with Crippen molar-refractivity contribution in [1.29, 1.82) is 0 Å². The maximum atomic E-state index is 6.13. The highest BCUT2D eigenvalue weighted by molar-refractivity contribution is 6.32. The molecule has 0 fully saturated rings. The zero-order valence-electron chi connectivity index (χ0n) is 13.0. The lowest BCUT2D eigenvalue weighted by Gasteiger charge is -2.27. The van der Waals surface area contributed by atoms with Gasteiger partial charge in [-0.05, 0) is 17.5 Å². The van der Waals surface area contributed by atoms with Crippen LogP contribution >= 0.6 is 23.2 Å². The summed E-state index contributed by atoms with van der Waals surface area (Å²) in [4.78, 5) is 13.3. The number of pyridine rings is 1. The van der Waals surface area contributed by atoms with E-state index in [1.807, 2.05) is 6.07 Å². The highest BCUT2D eigenvalue weighted by atomic mass is 35.5. The molecule has 0 bridgehead atoms. The highest BCUT2D eigenvalue weighted by Gasteiger charge is 2.31. The summed E-state index contributed by atoms with van der Waals surface area (Å²) >= 11 is 12.0. The van der Waals surface area contributed by atoms with Crippen molar-refractivity contribution in [3.63, 3.8) is 0 Å². The van der Waals surface area contributed by atoms with Crippen LogP contribution in [0.2, 0.25) is 10.3 Å². The van der Waals surface area contributed by atoms with Gasteiger partial charge in [0.15, 0.2) is 0 Å². The zero-order valence-corrected chi connectivity index (χ0v) is 14.5. The molecule has 1 aromatic heterocycles. The fourth-order valence-electron chi connectivity index (χ4n) is 2.29. The number of hydrogen-bond donors (Lipinski definition) is 0. The quantitative estimate of drug-likeness (QED) is 0.790. The SMILES string of the molecule is COC1=N[C@@H](Cc2ccc(Cl)nc2Cl)C(OC)=NC1C(C)C.